The van der Waals surface area contributed by atoms with E-state index in [1.807, 2.05) is 60.4 Å². The average molecular weight is 311 g/mol. The number of hydrogen-bond acceptors (Lipinski definition) is 3. The highest BCUT2D eigenvalue weighted by atomic mass is 16.7. The fraction of sp³-hybridized carbons (Fsp3) is 0.316. The number of hydrogen-bond donors (Lipinski definition) is 0. The van der Waals surface area contributed by atoms with E-state index in [2.05, 4.69) is 6.92 Å². The standard InChI is InChI=1S/C19H21NO3/c1-3-20(19(21)16-7-5-4-6-8-16)14(2)11-15-9-10-17-18(12-15)23-13-22-17/h4-10,12,14H,3,11,13H2,1-2H3. The topological polar surface area (TPSA) is 38.8 Å². The molecule has 120 valence electrons. The van der Waals surface area contributed by atoms with E-state index in [1.54, 1.807) is 0 Å². The number of ether oxygens (including phenoxy) is 2. The van der Waals surface area contributed by atoms with Crippen molar-refractivity contribution in [3.05, 3.63) is 59.7 Å². The van der Waals surface area contributed by atoms with E-state index >= 15 is 0 Å². The second-order valence-corrected chi connectivity index (χ2v) is 5.70. The molecule has 0 radical (unpaired) electrons. The molecule has 1 atom stereocenters. The van der Waals surface area contributed by atoms with Gasteiger partial charge in [0.2, 0.25) is 6.79 Å². The van der Waals surface area contributed by atoms with Crippen molar-refractivity contribution in [2.24, 2.45) is 0 Å². The number of nitrogens with zero attached hydrogens (tertiary/aromatic N) is 1. The highest BCUT2D eigenvalue weighted by molar-refractivity contribution is 5.94. The maximum absolute atomic E-state index is 12.7. The molecule has 4 nitrogen and oxygen atoms in total. The van der Waals surface area contributed by atoms with E-state index in [-0.39, 0.29) is 18.7 Å². The van der Waals surface area contributed by atoms with E-state index in [4.69, 9.17) is 9.47 Å². The maximum Gasteiger partial charge on any atom is 0.254 e. The normalized spacial score (nSPS) is 13.7. The van der Waals surface area contributed by atoms with Gasteiger partial charge in [0.25, 0.3) is 5.91 Å². The van der Waals surface area contributed by atoms with Crippen molar-refractivity contribution in [1.29, 1.82) is 0 Å². The summed E-state index contributed by atoms with van der Waals surface area (Å²) in [7, 11) is 0. The lowest BCUT2D eigenvalue weighted by Gasteiger charge is -2.28. The largest absolute Gasteiger partial charge is 0.454 e. The summed E-state index contributed by atoms with van der Waals surface area (Å²) in [6.07, 6.45) is 0.781. The van der Waals surface area contributed by atoms with Crippen LogP contribution in [0.4, 0.5) is 0 Å². The van der Waals surface area contributed by atoms with Crippen molar-refractivity contribution in [3.63, 3.8) is 0 Å². The van der Waals surface area contributed by atoms with Gasteiger partial charge < -0.3 is 14.4 Å². The van der Waals surface area contributed by atoms with Crippen LogP contribution in [0.3, 0.4) is 0 Å². The molecule has 2 aromatic rings. The quantitative estimate of drug-likeness (QED) is 0.848. The predicted molar refractivity (Wildman–Crippen MR) is 88.9 cm³/mol. The molecule has 0 saturated carbocycles. The highest BCUT2D eigenvalue weighted by Crippen LogP contribution is 2.33. The summed E-state index contributed by atoms with van der Waals surface area (Å²) in [6.45, 7) is 5.05. The van der Waals surface area contributed by atoms with Gasteiger partial charge in [-0.2, -0.15) is 0 Å². The molecule has 1 heterocycles. The number of rotatable bonds is 5. The number of fused-ring (bicyclic) bond motifs is 1. The Morgan fingerprint density at radius 2 is 1.87 bits per heavy atom. The van der Waals surface area contributed by atoms with Gasteiger partial charge in [0, 0.05) is 18.2 Å². The average Bonchev–Trinajstić information content (AvgIpc) is 3.04. The summed E-state index contributed by atoms with van der Waals surface area (Å²) in [4.78, 5) is 14.6. The third-order valence-corrected chi connectivity index (χ3v) is 4.12. The third-order valence-electron chi connectivity index (χ3n) is 4.12. The zero-order chi connectivity index (χ0) is 16.2. The van der Waals surface area contributed by atoms with Crippen LogP contribution in [0.5, 0.6) is 11.5 Å². The minimum Gasteiger partial charge on any atom is -0.454 e. The Labute approximate surface area is 136 Å². The Hall–Kier alpha value is -2.49. The van der Waals surface area contributed by atoms with Crippen molar-refractivity contribution < 1.29 is 14.3 Å². The van der Waals surface area contributed by atoms with Gasteiger partial charge in [0.15, 0.2) is 11.5 Å². The molecule has 0 spiro atoms. The van der Waals surface area contributed by atoms with Gasteiger partial charge in [-0.3, -0.25) is 4.79 Å². The van der Waals surface area contributed by atoms with Crippen LogP contribution in [0, 0.1) is 0 Å². The van der Waals surface area contributed by atoms with Crippen LogP contribution in [-0.2, 0) is 6.42 Å². The number of carbonyl (C=O) groups excluding carboxylic acids is 1. The zero-order valence-corrected chi connectivity index (χ0v) is 13.5. The smallest absolute Gasteiger partial charge is 0.254 e. The molecule has 1 aliphatic heterocycles. The fourth-order valence-electron chi connectivity index (χ4n) is 2.92. The molecular formula is C19H21NO3. The van der Waals surface area contributed by atoms with E-state index in [0.717, 1.165) is 29.0 Å². The van der Waals surface area contributed by atoms with Crippen LogP contribution < -0.4 is 9.47 Å². The van der Waals surface area contributed by atoms with Crippen molar-refractivity contribution in [2.75, 3.05) is 13.3 Å². The van der Waals surface area contributed by atoms with Crippen LogP contribution >= 0.6 is 0 Å². The lowest BCUT2D eigenvalue weighted by Crippen LogP contribution is -2.39. The molecule has 0 saturated heterocycles. The first-order valence-corrected chi connectivity index (χ1v) is 7.93. The predicted octanol–water partition coefficient (Wildman–Crippen LogP) is 3.51. The summed E-state index contributed by atoms with van der Waals surface area (Å²) < 4.78 is 10.8. The SMILES string of the molecule is CCN(C(=O)c1ccccc1)C(C)Cc1ccc2c(c1)OCO2. The third kappa shape index (κ3) is 3.31. The summed E-state index contributed by atoms with van der Waals surface area (Å²) in [5.74, 6) is 1.64. The van der Waals surface area contributed by atoms with Crippen LogP contribution in [0.2, 0.25) is 0 Å². The summed E-state index contributed by atoms with van der Waals surface area (Å²) in [5, 5.41) is 0. The molecule has 0 N–H and O–H groups in total. The van der Waals surface area contributed by atoms with Crippen LogP contribution in [0.25, 0.3) is 0 Å². The number of carbonyl (C=O) groups is 1. The first-order valence-electron chi connectivity index (χ1n) is 7.93. The summed E-state index contributed by atoms with van der Waals surface area (Å²) in [5.41, 5.74) is 1.87. The van der Waals surface area contributed by atoms with Crippen LogP contribution in [0.1, 0.15) is 29.8 Å². The Kier molecular flexibility index (Phi) is 4.51. The molecule has 0 fully saturated rings. The lowest BCUT2D eigenvalue weighted by atomic mass is 10.0. The second-order valence-electron chi connectivity index (χ2n) is 5.70. The lowest BCUT2D eigenvalue weighted by molar-refractivity contribution is 0.0703. The molecule has 0 aliphatic carbocycles. The minimum absolute atomic E-state index is 0.0707. The highest BCUT2D eigenvalue weighted by Gasteiger charge is 2.21. The first-order chi connectivity index (χ1) is 11.2. The van der Waals surface area contributed by atoms with Gasteiger partial charge in [-0.05, 0) is 50.1 Å². The zero-order valence-electron chi connectivity index (χ0n) is 13.5. The summed E-state index contributed by atoms with van der Waals surface area (Å²) in [6, 6.07) is 15.5. The monoisotopic (exact) mass is 311 g/mol. The van der Waals surface area contributed by atoms with Gasteiger partial charge in [0.05, 0.1) is 0 Å². The van der Waals surface area contributed by atoms with Crippen LogP contribution in [-0.4, -0.2) is 30.2 Å². The van der Waals surface area contributed by atoms with Gasteiger partial charge in [-0.15, -0.1) is 0 Å². The van der Waals surface area contributed by atoms with E-state index in [1.165, 1.54) is 0 Å². The first kappa shape index (κ1) is 15.4. The molecule has 1 amide bonds. The van der Waals surface area contributed by atoms with Crippen molar-refractivity contribution >= 4 is 5.91 Å². The molecule has 0 aromatic heterocycles. The van der Waals surface area contributed by atoms with Gasteiger partial charge >= 0.3 is 0 Å². The Bertz CT molecular complexity index is 684. The van der Waals surface area contributed by atoms with Crippen molar-refractivity contribution in [3.8, 4) is 11.5 Å². The van der Waals surface area contributed by atoms with E-state index < -0.39 is 0 Å². The fourth-order valence-corrected chi connectivity index (χ4v) is 2.92. The Morgan fingerprint density at radius 1 is 1.13 bits per heavy atom. The molecule has 0 bridgehead atoms. The number of amides is 1. The molecule has 1 aliphatic rings. The minimum atomic E-state index is 0.0707. The molecule has 23 heavy (non-hydrogen) atoms. The Morgan fingerprint density at radius 3 is 2.61 bits per heavy atom. The van der Waals surface area contributed by atoms with E-state index in [9.17, 15) is 4.79 Å². The molecule has 3 rings (SSSR count). The number of likely N-dealkylation sites (N-methyl/N-ethyl adjacent to an activating group) is 1. The van der Waals surface area contributed by atoms with Crippen molar-refractivity contribution in [1.82, 2.24) is 4.90 Å². The molecular weight excluding hydrogens is 290 g/mol. The molecule has 2 aromatic carbocycles. The van der Waals surface area contributed by atoms with E-state index in [0.29, 0.717) is 6.54 Å². The van der Waals surface area contributed by atoms with Gasteiger partial charge in [-0.25, -0.2) is 0 Å². The number of benzene rings is 2. The summed E-state index contributed by atoms with van der Waals surface area (Å²) >= 11 is 0. The van der Waals surface area contributed by atoms with Gasteiger partial charge in [0.1, 0.15) is 0 Å². The second kappa shape index (κ2) is 6.73. The van der Waals surface area contributed by atoms with Crippen LogP contribution in [0.15, 0.2) is 48.5 Å². The van der Waals surface area contributed by atoms with Crippen molar-refractivity contribution in [2.45, 2.75) is 26.3 Å². The van der Waals surface area contributed by atoms with Gasteiger partial charge in [-0.1, -0.05) is 24.3 Å². The molecule has 1 unspecified atom stereocenters. The Balaban J connectivity index is 1.73. The maximum atomic E-state index is 12.7. The molecule has 4 heteroatoms.